The van der Waals surface area contributed by atoms with Crippen LogP contribution < -0.4 is 5.48 Å². The molecular formula is C7H11NO. The van der Waals surface area contributed by atoms with Gasteiger partial charge in [-0.05, 0) is 24.8 Å². The van der Waals surface area contributed by atoms with Crippen molar-refractivity contribution in [2.24, 2.45) is 0 Å². The summed E-state index contributed by atoms with van der Waals surface area (Å²) in [6.07, 6.45) is 5.06. The molecule has 1 aliphatic carbocycles. The third-order valence-electron chi connectivity index (χ3n) is 2.01. The zero-order valence-corrected chi connectivity index (χ0v) is 5.44. The maximum absolute atomic E-state index is 5.19. The van der Waals surface area contributed by atoms with Crippen LogP contribution in [-0.4, -0.2) is 6.54 Å². The van der Waals surface area contributed by atoms with Gasteiger partial charge in [-0.2, -0.15) is 5.48 Å². The standard InChI is InChI=1S/C7H11NO/c1-2-4-7-6(3-1)5-8-9-7/h8H,1-5H2. The van der Waals surface area contributed by atoms with Crippen molar-refractivity contribution < 1.29 is 4.84 Å². The first-order chi connectivity index (χ1) is 4.47. The van der Waals surface area contributed by atoms with E-state index in [2.05, 4.69) is 5.48 Å². The van der Waals surface area contributed by atoms with E-state index in [1.807, 2.05) is 0 Å². The van der Waals surface area contributed by atoms with Crippen LogP contribution in [-0.2, 0) is 4.84 Å². The molecular weight excluding hydrogens is 114 g/mol. The van der Waals surface area contributed by atoms with Crippen LogP contribution in [0, 0.1) is 0 Å². The van der Waals surface area contributed by atoms with Crippen molar-refractivity contribution in [1.82, 2.24) is 5.48 Å². The monoisotopic (exact) mass is 125 g/mol. The molecule has 2 aliphatic rings. The van der Waals surface area contributed by atoms with Crippen LogP contribution in [0.2, 0.25) is 0 Å². The molecule has 1 heterocycles. The lowest BCUT2D eigenvalue weighted by molar-refractivity contribution is 0.131. The van der Waals surface area contributed by atoms with E-state index in [1.54, 1.807) is 0 Å². The Kier molecular flexibility index (Phi) is 1.19. The van der Waals surface area contributed by atoms with Crippen LogP contribution >= 0.6 is 0 Å². The number of nitrogens with one attached hydrogen (secondary N) is 1. The molecule has 0 fully saturated rings. The van der Waals surface area contributed by atoms with Crippen molar-refractivity contribution in [3.63, 3.8) is 0 Å². The fourth-order valence-corrected chi connectivity index (χ4v) is 1.46. The second-order valence-electron chi connectivity index (χ2n) is 2.66. The van der Waals surface area contributed by atoms with Crippen molar-refractivity contribution in [3.8, 4) is 0 Å². The van der Waals surface area contributed by atoms with E-state index in [0.717, 1.165) is 13.0 Å². The van der Waals surface area contributed by atoms with Gasteiger partial charge in [-0.15, -0.1) is 0 Å². The molecule has 0 amide bonds. The molecule has 1 N–H and O–H groups in total. The molecule has 0 saturated carbocycles. The van der Waals surface area contributed by atoms with Crippen LogP contribution in [0.1, 0.15) is 25.7 Å². The van der Waals surface area contributed by atoms with Crippen LogP contribution in [0.3, 0.4) is 0 Å². The summed E-state index contributed by atoms with van der Waals surface area (Å²) in [6.45, 7) is 0.968. The zero-order valence-electron chi connectivity index (χ0n) is 5.44. The first-order valence-electron chi connectivity index (χ1n) is 3.57. The Bertz CT molecular complexity index is 135. The molecule has 0 saturated heterocycles. The summed E-state index contributed by atoms with van der Waals surface area (Å²) in [5.74, 6) is 1.22. The van der Waals surface area contributed by atoms with Gasteiger partial charge in [-0.3, -0.25) is 0 Å². The average molecular weight is 125 g/mol. The van der Waals surface area contributed by atoms with Gasteiger partial charge >= 0.3 is 0 Å². The SMILES string of the molecule is C1CCC2=C(C1)CNO2. The Morgan fingerprint density at radius 3 is 3.00 bits per heavy atom. The van der Waals surface area contributed by atoms with Crippen LogP contribution in [0.25, 0.3) is 0 Å². The summed E-state index contributed by atoms with van der Waals surface area (Å²) in [6, 6.07) is 0. The Morgan fingerprint density at radius 2 is 2.11 bits per heavy atom. The molecule has 1 aliphatic heterocycles. The van der Waals surface area contributed by atoms with Crippen LogP contribution in [0.15, 0.2) is 11.3 Å². The van der Waals surface area contributed by atoms with Gasteiger partial charge in [-0.1, -0.05) is 0 Å². The Hall–Kier alpha value is -0.500. The summed E-state index contributed by atoms with van der Waals surface area (Å²) >= 11 is 0. The molecule has 2 nitrogen and oxygen atoms in total. The van der Waals surface area contributed by atoms with Crippen molar-refractivity contribution >= 4 is 0 Å². The molecule has 0 bridgehead atoms. The Morgan fingerprint density at radius 1 is 1.22 bits per heavy atom. The molecule has 0 aromatic heterocycles. The normalized spacial score (nSPS) is 25.8. The van der Waals surface area contributed by atoms with E-state index in [0.29, 0.717) is 0 Å². The van der Waals surface area contributed by atoms with Crippen molar-refractivity contribution in [2.45, 2.75) is 25.7 Å². The second kappa shape index (κ2) is 2.03. The molecule has 0 spiro atoms. The summed E-state index contributed by atoms with van der Waals surface area (Å²) < 4.78 is 0. The largest absolute Gasteiger partial charge is 0.413 e. The molecule has 50 valence electrons. The maximum Gasteiger partial charge on any atom is 0.124 e. The van der Waals surface area contributed by atoms with Gasteiger partial charge in [0.05, 0.1) is 6.54 Å². The molecule has 2 rings (SSSR count). The van der Waals surface area contributed by atoms with Gasteiger partial charge in [0.15, 0.2) is 0 Å². The molecule has 9 heavy (non-hydrogen) atoms. The second-order valence-corrected chi connectivity index (χ2v) is 2.66. The molecule has 0 atom stereocenters. The quantitative estimate of drug-likeness (QED) is 0.527. The van der Waals surface area contributed by atoms with Crippen molar-refractivity contribution in [3.05, 3.63) is 11.3 Å². The topological polar surface area (TPSA) is 21.3 Å². The predicted molar refractivity (Wildman–Crippen MR) is 34.6 cm³/mol. The third kappa shape index (κ3) is 0.833. The molecule has 0 radical (unpaired) electrons. The van der Waals surface area contributed by atoms with E-state index in [1.165, 1.54) is 30.6 Å². The molecule has 2 heteroatoms. The summed E-state index contributed by atoms with van der Waals surface area (Å²) in [5, 5.41) is 0. The molecule has 0 aromatic rings. The lowest BCUT2D eigenvalue weighted by Crippen LogP contribution is -2.05. The van der Waals surface area contributed by atoms with Gasteiger partial charge in [-0.25, -0.2) is 0 Å². The first kappa shape index (κ1) is 5.30. The van der Waals surface area contributed by atoms with Gasteiger partial charge in [0, 0.05) is 6.42 Å². The number of hydrogen-bond acceptors (Lipinski definition) is 2. The smallest absolute Gasteiger partial charge is 0.124 e. The van der Waals surface area contributed by atoms with E-state index in [4.69, 9.17) is 4.84 Å². The predicted octanol–water partition coefficient (Wildman–Crippen LogP) is 1.35. The fraction of sp³-hybridized carbons (Fsp3) is 0.714. The van der Waals surface area contributed by atoms with E-state index < -0.39 is 0 Å². The highest BCUT2D eigenvalue weighted by atomic mass is 16.7. The van der Waals surface area contributed by atoms with Crippen molar-refractivity contribution in [2.75, 3.05) is 6.54 Å². The maximum atomic E-state index is 5.19. The lowest BCUT2D eigenvalue weighted by atomic mass is 9.99. The summed E-state index contributed by atoms with van der Waals surface area (Å²) in [5.41, 5.74) is 4.39. The Labute approximate surface area is 54.8 Å². The summed E-state index contributed by atoms with van der Waals surface area (Å²) in [4.78, 5) is 5.19. The summed E-state index contributed by atoms with van der Waals surface area (Å²) in [7, 11) is 0. The van der Waals surface area contributed by atoms with E-state index in [-0.39, 0.29) is 0 Å². The molecule has 0 unspecified atom stereocenters. The lowest BCUT2D eigenvalue weighted by Gasteiger charge is -2.09. The van der Waals surface area contributed by atoms with Crippen LogP contribution in [0.5, 0.6) is 0 Å². The van der Waals surface area contributed by atoms with Gasteiger partial charge in [0.2, 0.25) is 0 Å². The Balaban J connectivity index is 2.17. The van der Waals surface area contributed by atoms with Gasteiger partial charge in [0.25, 0.3) is 0 Å². The minimum absolute atomic E-state index is 0.968. The minimum Gasteiger partial charge on any atom is -0.413 e. The highest BCUT2D eigenvalue weighted by Crippen LogP contribution is 2.27. The fourth-order valence-electron chi connectivity index (χ4n) is 1.46. The average Bonchev–Trinajstić information content (AvgIpc) is 2.33. The van der Waals surface area contributed by atoms with E-state index in [9.17, 15) is 0 Å². The highest BCUT2D eigenvalue weighted by Gasteiger charge is 2.18. The number of allylic oxidation sites excluding steroid dienone is 1. The van der Waals surface area contributed by atoms with Gasteiger partial charge < -0.3 is 4.84 Å². The minimum atomic E-state index is 0.968. The zero-order chi connectivity index (χ0) is 6.10. The number of hydroxylamine groups is 1. The molecule has 0 aromatic carbocycles. The van der Waals surface area contributed by atoms with Crippen molar-refractivity contribution in [1.29, 1.82) is 0 Å². The van der Waals surface area contributed by atoms with Gasteiger partial charge in [0.1, 0.15) is 5.76 Å². The number of rotatable bonds is 0. The third-order valence-corrected chi connectivity index (χ3v) is 2.01. The van der Waals surface area contributed by atoms with Crippen LogP contribution in [0.4, 0.5) is 0 Å². The van der Waals surface area contributed by atoms with E-state index >= 15 is 0 Å². The highest BCUT2D eigenvalue weighted by molar-refractivity contribution is 5.15. The number of hydrogen-bond donors (Lipinski definition) is 1. The first-order valence-corrected chi connectivity index (χ1v) is 3.57.